The number of nitrogens with one attached hydrogen (secondary N) is 4. The van der Waals surface area contributed by atoms with Gasteiger partial charge in [0.05, 0.1) is 45.4 Å². The van der Waals surface area contributed by atoms with Gasteiger partial charge in [-0.2, -0.15) is 14.6 Å². The number of unbranched alkanes of at least 4 members (excludes halogenated alkanes) is 4. The quantitative estimate of drug-likeness (QED) is 0.0153. The van der Waals surface area contributed by atoms with Gasteiger partial charge in [0.15, 0.2) is 28.6 Å². The lowest BCUT2D eigenvalue weighted by atomic mass is 9.92. The molecule has 0 spiro atoms. The van der Waals surface area contributed by atoms with Crippen LogP contribution in [0.3, 0.4) is 0 Å². The number of carbonyl (C=O) groups is 5. The van der Waals surface area contributed by atoms with Crippen molar-refractivity contribution in [3.8, 4) is 33.9 Å². The van der Waals surface area contributed by atoms with Crippen LogP contribution in [0.2, 0.25) is 0 Å². The summed E-state index contributed by atoms with van der Waals surface area (Å²) in [5, 5.41) is 43.9. The summed E-state index contributed by atoms with van der Waals surface area (Å²) in [5.41, 5.74) is 12.8. The normalized spacial score (nSPS) is 18.8. The van der Waals surface area contributed by atoms with Gasteiger partial charge in [0.2, 0.25) is 17.7 Å². The molecule has 0 radical (unpaired) electrons. The molecule has 2 fully saturated rings. The average Bonchev–Trinajstić information content (AvgIpc) is 0.899. The van der Waals surface area contributed by atoms with E-state index < -0.39 is 113 Å². The number of phosphoric ester groups is 1. The zero-order valence-electron chi connectivity index (χ0n) is 62.5. The van der Waals surface area contributed by atoms with Gasteiger partial charge in [-0.15, -0.1) is 0 Å². The highest BCUT2D eigenvalue weighted by atomic mass is 31.2. The largest absolute Gasteiger partial charge is 0.508 e. The van der Waals surface area contributed by atoms with Gasteiger partial charge in [0, 0.05) is 87.5 Å². The molecule has 6 aromatic rings. The van der Waals surface area contributed by atoms with Crippen LogP contribution in [0, 0.1) is 0 Å². The Hall–Kier alpha value is -10.4. The molecule has 10 rings (SSSR count). The lowest BCUT2D eigenvalue weighted by Gasteiger charge is -2.27. The number of nitrogen functional groups attached to an aromatic ring is 1. The number of primary amides is 1. The summed E-state index contributed by atoms with van der Waals surface area (Å²) < 4.78 is 70.8. The highest BCUT2D eigenvalue weighted by molar-refractivity contribution is 7.51. The summed E-state index contributed by atoms with van der Waals surface area (Å²) in [7, 11) is -3.32. The van der Waals surface area contributed by atoms with Crippen LogP contribution < -0.4 is 53.5 Å². The number of imidazole rings is 1. The summed E-state index contributed by atoms with van der Waals surface area (Å²) in [6, 6.07) is 21.3. The number of carbonyl (C=O) groups excluding carboxylic acids is 7. The van der Waals surface area contributed by atoms with Gasteiger partial charge < -0.3 is 90.6 Å². The van der Waals surface area contributed by atoms with Crippen molar-refractivity contribution in [2.45, 2.75) is 153 Å². The fourth-order valence-electron chi connectivity index (χ4n) is 11.7. The minimum atomic E-state index is -4.42. The van der Waals surface area contributed by atoms with Crippen LogP contribution in [-0.2, 0) is 67.3 Å². The lowest BCUT2D eigenvalue weighted by Crippen LogP contribution is -2.58. The molecule has 111 heavy (non-hydrogen) atoms. The van der Waals surface area contributed by atoms with Gasteiger partial charge in [-0.25, -0.2) is 29.1 Å². The molecule has 600 valence electrons. The minimum absolute atomic E-state index is 0.0139. The number of methoxy groups -OCH3 is 1. The maximum absolute atomic E-state index is 14.2. The molecule has 11 atom stereocenters. The smallest absolute Gasteiger partial charge is 0.472 e. The van der Waals surface area contributed by atoms with Crippen molar-refractivity contribution in [3.63, 3.8) is 0 Å². The van der Waals surface area contributed by atoms with Crippen LogP contribution in [0.5, 0.6) is 11.5 Å². The predicted molar refractivity (Wildman–Crippen MR) is 401 cm³/mol. The lowest BCUT2D eigenvalue weighted by molar-refractivity contribution is -0.191. The van der Waals surface area contributed by atoms with Crippen molar-refractivity contribution in [2.75, 3.05) is 64.9 Å². The number of alkyl carbamates (subject to hydrolysis) is 1. The number of benzene rings is 4. The maximum atomic E-state index is 14.2. The Bertz CT molecular complexity index is 4710. The van der Waals surface area contributed by atoms with Crippen molar-refractivity contribution in [1.29, 1.82) is 0 Å². The van der Waals surface area contributed by atoms with Crippen LogP contribution in [-0.4, -0.2) is 192 Å². The molecule has 4 unspecified atom stereocenters. The van der Waals surface area contributed by atoms with E-state index in [1.165, 1.54) is 66.3 Å². The number of hydrogen-bond donors (Lipinski definition) is 11. The molecule has 3 aromatic carbocycles. The van der Waals surface area contributed by atoms with Gasteiger partial charge in [0.25, 0.3) is 5.91 Å². The summed E-state index contributed by atoms with van der Waals surface area (Å²) in [6.07, 6.45) is 1.28. The van der Waals surface area contributed by atoms with Gasteiger partial charge >= 0.3 is 33.4 Å². The van der Waals surface area contributed by atoms with Crippen LogP contribution in [0.15, 0.2) is 124 Å². The number of aromatic hydroxyl groups is 1. The molecule has 39 heteroatoms. The van der Waals surface area contributed by atoms with E-state index >= 15 is 0 Å². The standard InChI is InChI=1S/C35H37N4O11P.C34H51N8O10P.C2H5NO.CO2/c36-31-12-14-39(35(44)38-31)32-19-27(42)30(50-32)20-48-51(45,46)47-15-4-2-1-3-13-37-34(43)22-7-5-6-21(16-22)33-25-10-8-23(40)17-28(25)49-29-18-24(41)9-11-26(29)33;1-9-10-11-22(39-33(46)52-34(2,3)4)30(44)38-23(16-20-12-14-21(49-7)15-13-20)31(45)40-25-24(17-50-53(8,47)48)51-32(27(25)43)42-19-37-26-28(41(5)6)35-18-36-29(26)42;1-2(3)4;2-1-3/h5-12,14,16-18,27,30,32,40,42H,1-4,13,15,19-20H2,(H,37,43)(H,45,46)(H2,36,38,44);12-15,18-19,22-25,27,32,43H,9-11,16-17H2,1-8H3,(H,38,44)(H,39,46)(H,40,45)(H,47,48);1H3,(H2,3,4);/t27?,30-,32-;22-,23+,24-,25?,27+,32-;;/m11../s1. The van der Waals surface area contributed by atoms with Gasteiger partial charge in [-0.3, -0.25) is 46.7 Å². The molecule has 13 N–H and O–H groups in total. The van der Waals surface area contributed by atoms with Crippen molar-refractivity contribution >= 4 is 85.1 Å². The van der Waals surface area contributed by atoms with Gasteiger partial charge in [0.1, 0.15) is 77.2 Å². The van der Waals surface area contributed by atoms with E-state index in [2.05, 4.69) is 46.9 Å². The summed E-state index contributed by atoms with van der Waals surface area (Å²) in [6.45, 7) is 8.85. The number of phosphoric acid groups is 1. The van der Waals surface area contributed by atoms with Crippen molar-refractivity contribution in [2.24, 2.45) is 5.73 Å². The molecule has 6 heterocycles. The van der Waals surface area contributed by atoms with Gasteiger partial charge in [-0.05, 0) is 106 Å². The number of fused-ring (bicyclic) bond motifs is 3. The number of nitrogens with zero attached hydrogens (tertiary/aromatic N) is 7. The first-order valence-corrected chi connectivity index (χ1v) is 38.5. The fraction of sp³-hybridized carbons (Fsp3) is 0.444. The van der Waals surface area contributed by atoms with E-state index in [0.29, 0.717) is 88.4 Å². The van der Waals surface area contributed by atoms with Crippen molar-refractivity contribution in [1.82, 2.24) is 50.3 Å². The molecule has 0 bridgehead atoms. The summed E-state index contributed by atoms with van der Waals surface area (Å²) >= 11 is 0. The monoisotopic (exact) mass is 1590 g/mol. The van der Waals surface area contributed by atoms with E-state index in [0.717, 1.165) is 30.6 Å². The molecule has 0 saturated carbocycles. The molecule has 3 aromatic heterocycles. The van der Waals surface area contributed by atoms with Crippen LogP contribution >= 0.6 is 15.4 Å². The molecule has 3 aliphatic heterocycles. The predicted octanol–water partition coefficient (Wildman–Crippen LogP) is 5.38. The molecular weight excluding hydrogens is 1490 g/mol. The molecular formula is C72H93N13O24P2. The Morgan fingerprint density at radius 3 is 2.20 bits per heavy atom. The summed E-state index contributed by atoms with van der Waals surface area (Å²) in [4.78, 5) is 142. The second-order valence-electron chi connectivity index (χ2n) is 26.9. The Morgan fingerprint density at radius 2 is 1.53 bits per heavy atom. The van der Waals surface area contributed by atoms with Crippen LogP contribution in [0.25, 0.3) is 44.6 Å². The number of phenolic OH excluding ortho intramolecular Hbond substituents is 1. The SMILES string of the molecule is CC(N)=O.CCCC[C@@H](NC(=O)OC(C)(C)C)C(=O)N[C@@H](Cc1ccc(OC)cc1)C(=O)NC1[C@@H](COP(C)(=O)O)O[C@@H](n2cnc3c(N(C)C)ncnc32)[C@H]1O.Nc1ccn([C@H]2CC(O)[C@@H](COP(=O)(O)OCCCCCCNC(=O)c3cccc(-c4c5ccc(=O)cc-5oc5cc(O)ccc45)c3)O2)c(=O)n1.O=C=O. The maximum Gasteiger partial charge on any atom is 0.472 e. The Labute approximate surface area is 636 Å². The number of phenols is 1. The number of aliphatic hydroxyl groups excluding tert-OH is 2. The number of aliphatic hydroxyl groups is 2. The molecule has 1 aliphatic carbocycles. The Morgan fingerprint density at radius 1 is 0.829 bits per heavy atom. The van der Waals surface area contributed by atoms with Crippen molar-refractivity contribution < 1.29 is 105 Å². The topological polar surface area (TPSA) is 531 Å². The molecule has 4 aliphatic rings. The van der Waals surface area contributed by atoms with E-state index in [1.807, 2.05) is 13.0 Å². The Balaban J connectivity index is 0.000000285. The number of rotatable bonds is 30. The van der Waals surface area contributed by atoms with E-state index in [9.17, 15) is 67.8 Å². The fourth-order valence-corrected chi connectivity index (χ4v) is 12.9. The third kappa shape index (κ3) is 26.1. The van der Waals surface area contributed by atoms with Gasteiger partial charge in [-0.1, -0.05) is 56.9 Å². The molecule has 2 saturated heterocycles. The number of nitrogens with two attached hydrogens (primary N) is 2. The number of aromatic nitrogens is 6. The minimum Gasteiger partial charge on any atom is -0.508 e. The first-order chi connectivity index (χ1) is 52.5. The molecule has 5 amide bonds. The van der Waals surface area contributed by atoms with Crippen LogP contribution in [0.1, 0.15) is 114 Å². The number of hydrogen-bond acceptors (Lipinski definition) is 28. The highest BCUT2D eigenvalue weighted by Gasteiger charge is 2.48. The van der Waals surface area contributed by atoms with Crippen LogP contribution in [0.4, 0.5) is 16.4 Å². The Kier molecular flexibility index (Phi) is 32.1. The average molecular weight is 1590 g/mol. The zero-order valence-corrected chi connectivity index (χ0v) is 64.2. The van der Waals surface area contributed by atoms with E-state index in [-0.39, 0.29) is 60.8 Å². The van der Waals surface area contributed by atoms with E-state index in [4.69, 9.17) is 52.3 Å². The number of ether oxygens (including phenoxy) is 4. The third-order valence-electron chi connectivity index (χ3n) is 16.8. The first-order valence-electron chi connectivity index (χ1n) is 35.0. The van der Waals surface area contributed by atoms with Crippen molar-refractivity contribution in [3.05, 3.63) is 142 Å². The second-order valence-corrected chi connectivity index (χ2v) is 30.2. The zero-order chi connectivity index (χ0) is 81.5. The number of anilines is 2. The summed E-state index contributed by atoms with van der Waals surface area (Å²) in [5.74, 6) is -0.357. The number of amides is 5. The second kappa shape index (κ2) is 40.5. The molecule has 37 nitrogen and oxygen atoms in total. The highest BCUT2D eigenvalue weighted by Crippen LogP contribution is 2.45. The first kappa shape index (κ1) is 87.8. The third-order valence-corrected chi connectivity index (χ3v) is 18.4. The van der Waals surface area contributed by atoms with E-state index in [1.54, 1.807) is 100 Å².